The lowest BCUT2D eigenvalue weighted by Gasteiger charge is -2.36. The Morgan fingerprint density at radius 2 is 1.88 bits per heavy atom. The molecule has 0 radical (unpaired) electrons. The van der Waals surface area contributed by atoms with Crippen molar-refractivity contribution in [3.05, 3.63) is 47.1 Å². The second-order valence-corrected chi connectivity index (χ2v) is 7.48. The topological polar surface area (TPSA) is 62.5 Å². The van der Waals surface area contributed by atoms with Gasteiger partial charge in [-0.2, -0.15) is 4.98 Å². The number of carbonyl (C=O) groups excluding carboxylic acids is 1. The van der Waals surface area contributed by atoms with Crippen molar-refractivity contribution >= 4 is 5.91 Å². The van der Waals surface area contributed by atoms with Crippen molar-refractivity contribution < 1.29 is 9.32 Å². The van der Waals surface area contributed by atoms with Gasteiger partial charge in [0, 0.05) is 26.4 Å². The molecule has 1 aliphatic heterocycles. The Morgan fingerprint density at radius 3 is 2.42 bits per heavy atom. The van der Waals surface area contributed by atoms with Crippen LogP contribution in [0.5, 0.6) is 0 Å². The maximum atomic E-state index is 13.1. The third-order valence-electron chi connectivity index (χ3n) is 5.11. The summed E-state index contributed by atoms with van der Waals surface area (Å²) in [6.45, 7) is 5.45. The number of piperidine rings is 1. The van der Waals surface area contributed by atoms with Crippen LogP contribution in [0.4, 0.5) is 0 Å². The van der Waals surface area contributed by atoms with Crippen LogP contribution in [-0.4, -0.2) is 53.0 Å². The SMILES string of the molecule is Cc1ccc([C@@H](C(=O)N2CCC(Cc3noc(C)n3)CC2)N(C)C)cc1. The molecule has 2 heterocycles. The smallest absolute Gasteiger partial charge is 0.244 e. The fourth-order valence-electron chi connectivity index (χ4n) is 3.62. The zero-order valence-electron chi connectivity index (χ0n) is 16.1. The van der Waals surface area contributed by atoms with Crippen LogP contribution in [0, 0.1) is 19.8 Å². The van der Waals surface area contributed by atoms with E-state index in [2.05, 4.69) is 41.3 Å². The number of hydrogen-bond donors (Lipinski definition) is 0. The van der Waals surface area contributed by atoms with E-state index < -0.39 is 0 Å². The lowest BCUT2D eigenvalue weighted by molar-refractivity contribution is -0.137. The lowest BCUT2D eigenvalue weighted by Crippen LogP contribution is -2.44. The van der Waals surface area contributed by atoms with Crippen molar-refractivity contribution in [3.8, 4) is 0 Å². The first kappa shape index (κ1) is 18.6. The summed E-state index contributed by atoms with van der Waals surface area (Å²) in [7, 11) is 3.93. The van der Waals surface area contributed by atoms with Gasteiger partial charge in [0.2, 0.25) is 11.8 Å². The van der Waals surface area contributed by atoms with Crippen LogP contribution >= 0.6 is 0 Å². The van der Waals surface area contributed by atoms with Crippen molar-refractivity contribution in [2.45, 2.75) is 39.2 Å². The molecule has 6 heteroatoms. The number of benzene rings is 1. The Hall–Kier alpha value is -2.21. The summed E-state index contributed by atoms with van der Waals surface area (Å²) in [6, 6.07) is 8.02. The maximum Gasteiger partial charge on any atom is 0.244 e. The Bertz CT molecular complexity index is 731. The molecule has 0 N–H and O–H groups in total. The third kappa shape index (κ3) is 4.30. The van der Waals surface area contributed by atoms with Gasteiger partial charge in [0.25, 0.3) is 0 Å². The van der Waals surface area contributed by atoms with Crippen molar-refractivity contribution in [1.29, 1.82) is 0 Å². The Kier molecular flexibility index (Phi) is 5.71. The molecular weight excluding hydrogens is 328 g/mol. The monoisotopic (exact) mass is 356 g/mol. The summed E-state index contributed by atoms with van der Waals surface area (Å²) in [5.41, 5.74) is 2.26. The highest BCUT2D eigenvalue weighted by Gasteiger charge is 2.31. The van der Waals surface area contributed by atoms with E-state index in [-0.39, 0.29) is 11.9 Å². The van der Waals surface area contributed by atoms with Gasteiger partial charge in [0.1, 0.15) is 6.04 Å². The van der Waals surface area contributed by atoms with E-state index in [0.717, 1.165) is 43.7 Å². The lowest BCUT2D eigenvalue weighted by atomic mass is 9.92. The molecule has 1 aliphatic rings. The molecule has 2 aromatic rings. The maximum absolute atomic E-state index is 13.1. The minimum Gasteiger partial charge on any atom is -0.341 e. The van der Waals surface area contributed by atoms with E-state index in [0.29, 0.717) is 11.8 Å². The first-order valence-electron chi connectivity index (χ1n) is 9.25. The Balaban J connectivity index is 1.61. The number of nitrogens with zero attached hydrogens (tertiary/aromatic N) is 4. The summed E-state index contributed by atoms with van der Waals surface area (Å²) < 4.78 is 5.05. The van der Waals surface area contributed by atoms with Gasteiger partial charge in [-0.05, 0) is 45.3 Å². The molecular formula is C20H28N4O2. The van der Waals surface area contributed by atoms with Crippen LogP contribution in [0.25, 0.3) is 0 Å². The summed E-state index contributed by atoms with van der Waals surface area (Å²) in [5, 5.41) is 3.99. The molecule has 6 nitrogen and oxygen atoms in total. The number of hydrogen-bond acceptors (Lipinski definition) is 5. The highest BCUT2D eigenvalue weighted by atomic mass is 16.5. The van der Waals surface area contributed by atoms with Gasteiger partial charge < -0.3 is 9.42 Å². The number of aryl methyl sites for hydroxylation is 2. The zero-order chi connectivity index (χ0) is 18.7. The van der Waals surface area contributed by atoms with Crippen molar-refractivity contribution in [2.75, 3.05) is 27.2 Å². The van der Waals surface area contributed by atoms with Gasteiger partial charge in [0.05, 0.1) is 0 Å². The van der Waals surface area contributed by atoms with Crippen molar-refractivity contribution in [3.63, 3.8) is 0 Å². The van der Waals surface area contributed by atoms with Crippen LogP contribution in [0.1, 0.15) is 41.7 Å². The van der Waals surface area contributed by atoms with Gasteiger partial charge in [-0.25, -0.2) is 0 Å². The third-order valence-corrected chi connectivity index (χ3v) is 5.11. The average molecular weight is 356 g/mol. The first-order valence-corrected chi connectivity index (χ1v) is 9.25. The highest BCUT2D eigenvalue weighted by Crippen LogP contribution is 2.26. The summed E-state index contributed by atoms with van der Waals surface area (Å²) >= 11 is 0. The largest absolute Gasteiger partial charge is 0.341 e. The van der Waals surface area contributed by atoms with Crippen LogP contribution in [0.3, 0.4) is 0 Å². The van der Waals surface area contributed by atoms with E-state index in [1.165, 1.54) is 5.56 Å². The summed E-state index contributed by atoms with van der Waals surface area (Å²) in [4.78, 5) is 21.4. The van der Waals surface area contributed by atoms with Gasteiger partial charge >= 0.3 is 0 Å². The van der Waals surface area contributed by atoms with Crippen LogP contribution in [0.15, 0.2) is 28.8 Å². The average Bonchev–Trinajstić information content (AvgIpc) is 3.02. The van der Waals surface area contributed by atoms with E-state index in [1.54, 1.807) is 0 Å². The van der Waals surface area contributed by atoms with E-state index >= 15 is 0 Å². The number of likely N-dealkylation sites (N-methyl/N-ethyl adjacent to an activating group) is 1. The number of aromatic nitrogens is 2. The Morgan fingerprint density at radius 1 is 1.23 bits per heavy atom. The number of rotatable bonds is 5. The van der Waals surface area contributed by atoms with Gasteiger partial charge in [-0.3, -0.25) is 9.69 Å². The van der Waals surface area contributed by atoms with Crippen LogP contribution in [0.2, 0.25) is 0 Å². The minimum atomic E-state index is -0.230. The predicted molar refractivity (Wildman–Crippen MR) is 99.7 cm³/mol. The molecule has 1 aromatic carbocycles. The molecule has 1 amide bonds. The first-order chi connectivity index (χ1) is 12.4. The second kappa shape index (κ2) is 7.99. The standard InChI is InChI=1S/C20H28N4O2/c1-14-5-7-17(8-6-14)19(23(3)4)20(25)24-11-9-16(10-12-24)13-18-21-15(2)26-22-18/h5-8,16,19H,9-13H2,1-4H3/t19-/m0/s1. The van der Waals surface area contributed by atoms with Gasteiger partial charge in [-0.15, -0.1) is 0 Å². The van der Waals surface area contributed by atoms with Crippen molar-refractivity contribution in [1.82, 2.24) is 19.9 Å². The molecule has 3 rings (SSSR count). The van der Waals surface area contributed by atoms with Crippen LogP contribution in [-0.2, 0) is 11.2 Å². The number of amides is 1. The zero-order valence-corrected chi connectivity index (χ0v) is 16.1. The normalized spacial score (nSPS) is 16.9. The van der Waals surface area contributed by atoms with Gasteiger partial charge in [0.15, 0.2) is 5.82 Å². The number of likely N-dealkylation sites (tertiary alicyclic amines) is 1. The fraction of sp³-hybridized carbons (Fsp3) is 0.550. The number of carbonyl (C=O) groups is 1. The van der Waals surface area contributed by atoms with E-state index in [4.69, 9.17) is 4.52 Å². The van der Waals surface area contributed by atoms with Gasteiger partial charge in [-0.1, -0.05) is 35.0 Å². The molecule has 1 fully saturated rings. The summed E-state index contributed by atoms with van der Waals surface area (Å²) in [5.74, 6) is 2.08. The van der Waals surface area contributed by atoms with E-state index in [1.807, 2.05) is 30.8 Å². The van der Waals surface area contributed by atoms with E-state index in [9.17, 15) is 4.79 Å². The quantitative estimate of drug-likeness (QED) is 0.824. The molecule has 1 atom stereocenters. The summed E-state index contributed by atoms with van der Waals surface area (Å²) in [6.07, 6.45) is 2.79. The van der Waals surface area contributed by atoms with Crippen molar-refractivity contribution in [2.24, 2.45) is 5.92 Å². The minimum absolute atomic E-state index is 0.188. The molecule has 0 spiro atoms. The molecule has 0 saturated carbocycles. The fourth-order valence-corrected chi connectivity index (χ4v) is 3.62. The molecule has 26 heavy (non-hydrogen) atoms. The molecule has 140 valence electrons. The molecule has 0 bridgehead atoms. The molecule has 0 aliphatic carbocycles. The molecule has 1 aromatic heterocycles. The molecule has 1 saturated heterocycles. The predicted octanol–water partition coefficient (Wildman–Crippen LogP) is 2.77. The second-order valence-electron chi connectivity index (χ2n) is 7.48. The highest BCUT2D eigenvalue weighted by molar-refractivity contribution is 5.83. The van der Waals surface area contributed by atoms with Crippen LogP contribution < -0.4 is 0 Å². The molecule has 0 unspecified atom stereocenters. The Labute approximate surface area is 155 Å².